The number of anilines is 2. The molecule has 1 aromatic heterocycles. The van der Waals surface area contributed by atoms with Gasteiger partial charge in [-0.1, -0.05) is 31.6 Å². The number of carbonyl (C=O) groups excluding carboxylic acids is 7. The van der Waals surface area contributed by atoms with Gasteiger partial charge in [-0.05, 0) is 43.7 Å². The van der Waals surface area contributed by atoms with Gasteiger partial charge in [0.1, 0.15) is 18.7 Å². The van der Waals surface area contributed by atoms with Crippen molar-refractivity contribution in [3.8, 4) is 0 Å². The predicted octanol–water partition coefficient (Wildman–Crippen LogP) is 3.32. The minimum atomic E-state index is -5.03. The Hall–Kier alpha value is -6.13. The summed E-state index contributed by atoms with van der Waals surface area (Å²) in [5.74, 6) is -3.55. The minimum Gasteiger partial charge on any atom is -0.444 e. The second-order valence-electron chi connectivity index (χ2n) is 12.5. The van der Waals surface area contributed by atoms with Crippen LogP contribution in [0.25, 0.3) is 0 Å². The number of nitro benzene ring substituents is 1. The van der Waals surface area contributed by atoms with Gasteiger partial charge in [-0.3, -0.25) is 44.3 Å². The zero-order valence-electron chi connectivity index (χ0n) is 30.1. The molecule has 0 fully saturated rings. The third-order valence-corrected chi connectivity index (χ3v) is 8.85. The number of imide groups is 1. The Morgan fingerprint density at radius 3 is 2.21 bits per heavy atom. The SMILES string of the molecule is CC(C)[C@@H](NC(=O)CCCCCN1C(=O)C=CC1=O)C(=O)N[C@@H](CCCNC(N)=O)C(=O)Nc1nc(C(F)(F)F)c(COC(=O)Nc2ccc([N+](=O)[O-])cc2)s1. The summed E-state index contributed by atoms with van der Waals surface area (Å²) in [5, 5.41) is 22.2. The lowest BCUT2D eigenvalue weighted by molar-refractivity contribution is -0.384. The van der Waals surface area contributed by atoms with Crippen LogP contribution in [0, 0.1) is 16.0 Å². The van der Waals surface area contributed by atoms with Crippen molar-refractivity contribution in [3.05, 3.63) is 57.1 Å². The second kappa shape index (κ2) is 20.5. The lowest BCUT2D eigenvalue weighted by Gasteiger charge is -2.25. The van der Waals surface area contributed by atoms with Crippen LogP contribution in [0.1, 0.15) is 62.9 Å². The van der Waals surface area contributed by atoms with Crippen LogP contribution in [0.5, 0.6) is 0 Å². The van der Waals surface area contributed by atoms with Crippen LogP contribution in [0.3, 0.4) is 0 Å². The van der Waals surface area contributed by atoms with E-state index < -0.39 is 93.1 Å². The molecule has 23 heteroatoms. The number of amides is 8. The second-order valence-corrected chi connectivity index (χ2v) is 13.6. The molecule has 56 heavy (non-hydrogen) atoms. The molecule has 0 radical (unpaired) electrons. The number of urea groups is 1. The Bertz CT molecular complexity index is 1800. The Labute approximate surface area is 321 Å². The molecule has 3 rings (SSSR count). The van der Waals surface area contributed by atoms with Gasteiger partial charge >= 0.3 is 18.3 Å². The van der Waals surface area contributed by atoms with Gasteiger partial charge in [0.15, 0.2) is 10.8 Å². The number of alkyl halides is 3. The van der Waals surface area contributed by atoms with Crippen LogP contribution in [0.4, 0.5) is 39.3 Å². The molecule has 1 aromatic carbocycles. The van der Waals surface area contributed by atoms with Gasteiger partial charge < -0.3 is 31.7 Å². The van der Waals surface area contributed by atoms with Crippen LogP contribution < -0.4 is 32.3 Å². The number of nitrogens with two attached hydrogens (primary N) is 1. The highest BCUT2D eigenvalue weighted by molar-refractivity contribution is 7.15. The molecule has 1 aliphatic heterocycles. The average Bonchev–Trinajstić information content (AvgIpc) is 3.68. The molecule has 2 aromatic rings. The van der Waals surface area contributed by atoms with E-state index in [1.54, 1.807) is 13.8 Å². The zero-order chi connectivity index (χ0) is 41.6. The molecule has 0 spiro atoms. The van der Waals surface area contributed by atoms with Crippen molar-refractivity contribution in [1.82, 2.24) is 25.8 Å². The van der Waals surface area contributed by atoms with Gasteiger partial charge in [0.05, 0.1) is 9.80 Å². The monoisotopic (exact) mass is 811 g/mol. The van der Waals surface area contributed by atoms with E-state index in [-0.39, 0.29) is 43.7 Å². The van der Waals surface area contributed by atoms with Gasteiger partial charge in [-0.15, -0.1) is 0 Å². The lowest BCUT2D eigenvalue weighted by atomic mass is 10.0. The minimum absolute atomic E-state index is 0.00960. The van der Waals surface area contributed by atoms with E-state index >= 15 is 0 Å². The molecule has 0 saturated heterocycles. The fourth-order valence-corrected chi connectivity index (χ4v) is 5.98. The van der Waals surface area contributed by atoms with Crippen LogP contribution in [0.2, 0.25) is 0 Å². The Kier molecular flexibility index (Phi) is 16.2. The molecule has 0 saturated carbocycles. The largest absolute Gasteiger partial charge is 0.444 e. The van der Waals surface area contributed by atoms with E-state index in [9.17, 15) is 56.8 Å². The number of rotatable bonds is 20. The quantitative estimate of drug-likeness (QED) is 0.0488. The van der Waals surface area contributed by atoms with Crippen molar-refractivity contribution in [2.24, 2.45) is 11.7 Å². The molecular weight excluding hydrogens is 771 g/mol. The number of hydrogen-bond acceptors (Lipinski definition) is 12. The number of non-ortho nitro benzene ring substituents is 1. The molecule has 1 aliphatic rings. The third kappa shape index (κ3) is 13.9. The molecule has 304 valence electrons. The van der Waals surface area contributed by atoms with Crippen molar-refractivity contribution in [3.63, 3.8) is 0 Å². The highest BCUT2D eigenvalue weighted by Crippen LogP contribution is 2.36. The fraction of sp³-hybridized carbons (Fsp3) is 0.455. The number of thiazole rings is 1. The summed E-state index contributed by atoms with van der Waals surface area (Å²) in [6.07, 6.45) is -2.57. The number of benzene rings is 1. The standard InChI is InChI=1S/C33H40F3N9O10S/c1-18(2)26(41-23(46)8-4-3-5-16-44-24(47)13-14-25(44)48)29(50)40-21(7-6-15-38-30(37)51)28(49)43-31-42-27(33(34,35)36)22(56-31)17-55-32(52)39-19-9-11-20(12-10-19)45(53)54/h9-14,18,21,26H,3-8,15-17H2,1-2H3,(H,39,52)(H,40,50)(H,41,46)(H3,37,38,51)(H,42,43,49)/t21-,26+/m0/s1. The Balaban J connectivity index is 1.64. The maximum absolute atomic E-state index is 13.9. The van der Waals surface area contributed by atoms with Crippen molar-refractivity contribution in [2.45, 2.75) is 77.2 Å². The third-order valence-electron chi connectivity index (χ3n) is 7.91. The lowest BCUT2D eigenvalue weighted by Crippen LogP contribution is -2.54. The molecule has 0 aliphatic carbocycles. The summed E-state index contributed by atoms with van der Waals surface area (Å²) in [4.78, 5) is 100. The van der Waals surface area contributed by atoms with Crippen molar-refractivity contribution in [2.75, 3.05) is 23.7 Å². The zero-order valence-corrected chi connectivity index (χ0v) is 30.9. The van der Waals surface area contributed by atoms with Crippen molar-refractivity contribution < 1.29 is 56.4 Å². The number of ether oxygens (including phenoxy) is 1. The van der Waals surface area contributed by atoms with Crippen LogP contribution >= 0.6 is 11.3 Å². The summed E-state index contributed by atoms with van der Waals surface area (Å²) in [5.41, 5.74) is 3.43. The number of hydrogen-bond donors (Lipinski definition) is 6. The summed E-state index contributed by atoms with van der Waals surface area (Å²) in [6, 6.07) is 1.17. The first-order valence-corrected chi connectivity index (χ1v) is 17.9. The first-order chi connectivity index (χ1) is 26.3. The smallest absolute Gasteiger partial charge is 0.434 e. The van der Waals surface area contributed by atoms with Crippen LogP contribution in [0.15, 0.2) is 36.4 Å². The number of nitro groups is 1. The first-order valence-electron chi connectivity index (χ1n) is 17.1. The number of primary amides is 1. The van der Waals surface area contributed by atoms with Gasteiger partial charge in [-0.25, -0.2) is 14.6 Å². The highest BCUT2D eigenvalue weighted by atomic mass is 32.1. The molecule has 2 atom stereocenters. The normalized spacial score (nSPS) is 13.6. The first kappa shape index (κ1) is 44.3. The number of nitrogens with one attached hydrogen (secondary N) is 5. The topological polar surface area (TPSA) is 274 Å². The number of unbranched alkanes of at least 4 members (excludes halogenated alkanes) is 2. The predicted molar refractivity (Wildman–Crippen MR) is 192 cm³/mol. The highest BCUT2D eigenvalue weighted by Gasteiger charge is 2.38. The van der Waals surface area contributed by atoms with Crippen molar-refractivity contribution >= 4 is 69.5 Å². The molecule has 7 N–H and O–H groups in total. The summed E-state index contributed by atoms with van der Waals surface area (Å²) < 4.78 is 46.6. The number of halogens is 3. The average molecular weight is 812 g/mol. The Morgan fingerprint density at radius 1 is 0.964 bits per heavy atom. The summed E-state index contributed by atoms with van der Waals surface area (Å²) >= 11 is 0.349. The maximum Gasteiger partial charge on any atom is 0.434 e. The maximum atomic E-state index is 13.9. The van der Waals surface area contributed by atoms with Gasteiger partial charge in [-0.2, -0.15) is 13.2 Å². The van der Waals surface area contributed by atoms with Gasteiger partial charge in [0, 0.05) is 49.5 Å². The van der Waals surface area contributed by atoms with E-state index in [0.717, 1.165) is 17.0 Å². The molecular formula is C33H40F3N9O10S. The number of nitrogens with zero attached hydrogens (tertiary/aromatic N) is 3. The van der Waals surface area contributed by atoms with E-state index in [0.29, 0.717) is 30.6 Å². The van der Waals surface area contributed by atoms with E-state index in [1.807, 2.05) is 0 Å². The van der Waals surface area contributed by atoms with E-state index in [4.69, 9.17) is 10.5 Å². The molecule has 2 heterocycles. The van der Waals surface area contributed by atoms with Gasteiger partial charge in [0.25, 0.3) is 17.5 Å². The van der Waals surface area contributed by atoms with Crippen LogP contribution in [-0.4, -0.2) is 81.6 Å². The van der Waals surface area contributed by atoms with Crippen molar-refractivity contribution in [1.29, 1.82) is 0 Å². The molecule has 8 amide bonds. The van der Waals surface area contributed by atoms with E-state index in [1.165, 1.54) is 24.3 Å². The Morgan fingerprint density at radius 2 is 1.62 bits per heavy atom. The van der Waals surface area contributed by atoms with E-state index in [2.05, 4.69) is 31.6 Å². The van der Waals surface area contributed by atoms with Crippen LogP contribution in [-0.2, 0) is 41.5 Å². The number of carbonyl (C=O) groups is 7. The molecule has 0 bridgehead atoms. The van der Waals surface area contributed by atoms with Gasteiger partial charge in [0.2, 0.25) is 17.7 Å². The molecule has 0 unspecified atom stereocenters. The number of aromatic nitrogens is 1. The summed E-state index contributed by atoms with van der Waals surface area (Å²) in [6.45, 7) is 2.52. The summed E-state index contributed by atoms with van der Waals surface area (Å²) in [7, 11) is 0. The molecule has 19 nitrogen and oxygen atoms in total. The fourth-order valence-electron chi connectivity index (χ4n) is 5.08.